The summed E-state index contributed by atoms with van der Waals surface area (Å²) >= 11 is 0. The number of ether oxygens (including phenoxy) is 1. The average Bonchev–Trinajstić information content (AvgIpc) is 2.68. The van der Waals surface area contributed by atoms with Crippen molar-refractivity contribution < 1.29 is 17.9 Å². The first-order valence-electron chi connectivity index (χ1n) is 10.3. The molecule has 0 aromatic heterocycles. The Balaban J connectivity index is 1.88. The maximum absolute atomic E-state index is 13.1. The maximum Gasteiger partial charge on any atom is 0.255 e. The van der Waals surface area contributed by atoms with Gasteiger partial charge in [-0.1, -0.05) is 38.1 Å². The molecule has 1 saturated heterocycles. The van der Waals surface area contributed by atoms with Gasteiger partial charge in [-0.25, -0.2) is 8.42 Å². The van der Waals surface area contributed by atoms with E-state index < -0.39 is 10.0 Å². The van der Waals surface area contributed by atoms with Crippen molar-refractivity contribution in [2.45, 2.75) is 57.6 Å². The molecule has 2 aromatic rings. The summed E-state index contributed by atoms with van der Waals surface area (Å²) in [7, 11) is -3.71. The van der Waals surface area contributed by atoms with E-state index in [-0.39, 0.29) is 28.9 Å². The van der Waals surface area contributed by atoms with Crippen molar-refractivity contribution in [2.75, 3.05) is 18.4 Å². The van der Waals surface area contributed by atoms with Gasteiger partial charge in [0.1, 0.15) is 0 Å². The van der Waals surface area contributed by atoms with Crippen LogP contribution in [0.3, 0.4) is 0 Å². The predicted molar refractivity (Wildman–Crippen MR) is 118 cm³/mol. The topological polar surface area (TPSA) is 75.7 Å². The molecule has 2 atom stereocenters. The Morgan fingerprint density at radius 3 is 2.37 bits per heavy atom. The van der Waals surface area contributed by atoms with Crippen LogP contribution in [-0.4, -0.2) is 43.9 Å². The molecule has 7 heteroatoms. The van der Waals surface area contributed by atoms with E-state index in [1.54, 1.807) is 12.1 Å². The molecule has 1 heterocycles. The van der Waals surface area contributed by atoms with E-state index in [1.165, 1.54) is 16.4 Å². The third kappa shape index (κ3) is 4.74. The van der Waals surface area contributed by atoms with Gasteiger partial charge in [-0.05, 0) is 56.0 Å². The normalized spacial score (nSPS) is 20.3. The van der Waals surface area contributed by atoms with Crippen molar-refractivity contribution in [1.29, 1.82) is 0 Å². The van der Waals surface area contributed by atoms with Gasteiger partial charge in [-0.15, -0.1) is 0 Å². The summed E-state index contributed by atoms with van der Waals surface area (Å²) in [6.45, 7) is 10.4. The summed E-state index contributed by atoms with van der Waals surface area (Å²) in [6.07, 6.45) is -0.351. The summed E-state index contributed by atoms with van der Waals surface area (Å²) in [5.74, 6) is -0.0795. The lowest BCUT2D eigenvalue weighted by molar-refractivity contribution is -0.0440. The Kier molecular flexibility index (Phi) is 6.65. The summed E-state index contributed by atoms with van der Waals surface area (Å²) in [4.78, 5) is 13.1. The van der Waals surface area contributed by atoms with Crippen LogP contribution in [-0.2, 0) is 14.8 Å². The number of carbonyl (C=O) groups excluding carboxylic acids is 1. The molecule has 0 aliphatic carbocycles. The molecule has 30 heavy (non-hydrogen) atoms. The molecule has 2 aromatic carbocycles. The second-order valence-electron chi connectivity index (χ2n) is 8.26. The summed E-state index contributed by atoms with van der Waals surface area (Å²) in [6, 6.07) is 12.1. The fraction of sp³-hybridized carbons (Fsp3) is 0.435. The van der Waals surface area contributed by atoms with Crippen LogP contribution in [0.25, 0.3) is 0 Å². The smallest absolute Gasteiger partial charge is 0.255 e. The van der Waals surface area contributed by atoms with Gasteiger partial charge in [0.15, 0.2) is 0 Å². The molecule has 0 bridgehead atoms. The van der Waals surface area contributed by atoms with Crippen LogP contribution in [0.2, 0.25) is 0 Å². The Labute approximate surface area is 179 Å². The highest BCUT2D eigenvalue weighted by Crippen LogP contribution is 2.28. The SMILES string of the molecule is Cc1cccc(C(C)C)c1NC(=O)c1cccc(S(=O)(=O)N2CC(C)OC(C)C2)c1. The largest absolute Gasteiger partial charge is 0.373 e. The predicted octanol–water partition coefficient (Wildman–Crippen LogP) is 4.17. The molecule has 1 fully saturated rings. The van der Waals surface area contributed by atoms with E-state index in [0.717, 1.165) is 16.8 Å². The lowest BCUT2D eigenvalue weighted by Crippen LogP contribution is -2.48. The quantitative estimate of drug-likeness (QED) is 0.773. The minimum atomic E-state index is -3.71. The summed E-state index contributed by atoms with van der Waals surface area (Å²) in [5, 5.41) is 2.98. The van der Waals surface area contributed by atoms with Crippen molar-refractivity contribution in [3.8, 4) is 0 Å². The number of para-hydroxylation sites is 1. The molecule has 1 N–H and O–H groups in total. The van der Waals surface area contributed by atoms with E-state index in [9.17, 15) is 13.2 Å². The van der Waals surface area contributed by atoms with Gasteiger partial charge >= 0.3 is 0 Å². The molecule has 2 unspecified atom stereocenters. The van der Waals surface area contributed by atoms with E-state index in [0.29, 0.717) is 18.7 Å². The number of carbonyl (C=O) groups is 1. The molecule has 1 aliphatic heterocycles. The highest BCUT2D eigenvalue weighted by molar-refractivity contribution is 7.89. The van der Waals surface area contributed by atoms with Crippen LogP contribution in [0.4, 0.5) is 5.69 Å². The fourth-order valence-electron chi connectivity index (χ4n) is 3.80. The number of benzene rings is 2. The first kappa shape index (κ1) is 22.5. The number of amides is 1. The number of rotatable bonds is 5. The third-order valence-corrected chi connectivity index (χ3v) is 7.11. The van der Waals surface area contributed by atoms with E-state index >= 15 is 0 Å². The minimum Gasteiger partial charge on any atom is -0.373 e. The molecule has 6 nitrogen and oxygen atoms in total. The first-order chi connectivity index (χ1) is 14.1. The monoisotopic (exact) mass is 430 g/mol. The molecular weight excluding hydrogens is 400 g/mol. The van der Waals surface area contributed by atoms with Crippen LogP contribution in [0, 0.1) is 6.92 Å². The maximum atomic E-state index is 13.1. The second kappa shape index (κ2) is 8.88. The zero-order valence-electron chi connectivity index (χ0n) is 18.2. The Hall–Kier alpha value is -2.22. The van der Waals surface area contributed by atoms with E-state index in [4.69, 9.17) is 4.74 Å². The Morgan fingerprint density at radius 2 is 1.73 bits per heavy atom. The lowest BCUT2D eigenvalue weighted by atomic mass is 9.98. The number of aryl methyl sites for hydroxylation is 1. The third-order valence-electron chi connectivity index (χ3n) is 5.29. The zero-order chi connectivity index (χ0) is 22.1. The van der Waals surface area contributed by atoms with Crippen molar-refractivity contribution >= 4 is 21.6 Å². The first-order valence-corrected chi connectivity index (χ1v) is 11.7. The summed E-state index contributed by atoms with van der Waals surface area (Å²) < 4.78 is 33.4. The van der Waals surface area contributed by atoms with Gasteiger partial charge in [0.25, 0.3) is 5.91 Å². The molecule has 1 aliphatic rings. The number of nitrogens with zero attached hydrogens (tertiary/aromatic N) is 1. The Bertz CT molecular complexity index is 1020. The standard InChI is InChI=1S/C23H30N2O4S/c1-15(2)21-11-6-8-16(3)22(21)24-23(26)19-9-7-10-20(12-19)30(27,28)25-13-17(4)29-18(5)14-25/h6-12,15,17-18H,13-14H2,1-5H3,(H,24,26). The average molecular weight is 431 g/mol. The van der Waals surface area contributed by atoms with Crippen molar-refractivity contribution in [1.82, 2.24) is 4.31 Å². The number of sulfonamides is 1. The molecule has 0 radical (unpaired) electrons. The van der Waals surface area contributed by atoms with Gasteiger partial charge in [0, 0.05) is 24.3 Å². The zero-order valence-corrected chi connectivity index (χ0v) is 19.0. The van der Waals surface area contributed by atoms with Crippen LogP contribution >= 0.6 is 0 Å². The number of morpholine rings is 1. The van der Waals surface area contributed by atoms with Gasteiger partial charge in [-0.3, -0.25) is 4.79 Å². The molecule has 0 spiro atoms. The highest BCUT2D eigenvalue weighted by atomic mass is 32.2. The number of hydrogen-bond acceptors (Lipinski definition) is 4. The van der Waals surface area contributed by atoms with Crippen molar-refractivity contribution in [2.24, 2.45) is 0 Å². The van der Waals surface area contributed by atoms with Gasteiger partial charge in [0.2, 0.25) is 10.0 Å². The van der Waals surface area contributed by atoms with Gasteiger partial charge < -0.3 is 10.1 Å². The number of anilines is 1. The van der Waals surface area contributed by atoms with Crippen molar-refractivity contribution in [3.05, 3.63) is 59.2 Å². The summed E-state index contributed by atoms with van der Waals surface area (Å²) in [5.41, 5.74) is 3.10. The fourth-order valence-corrected chi connectivity index (χ4v) is 5.44. The van der Waals surface area contributed by atoms with Gasteiger partial charge in [-0.2, -0.15) is 4.31 Å². The second-order valence-corrected chi connectivity index (χ2v) is 10.2. The number of nitrogens with one attached hydrogen (secondary N) is 1. The van der Waals surface area contributed by atoms with Crippen LogP contribution in [0.1, 0.15) is 55.1 Å². The Morgan fingerprint density at radius 1 is 1.10 bits per heavy atom. The van der Waals surface area contributed by atoms with Crippen molar-refractivity contribution in [3.63, 3.8) is 0 Å². The lowest BCUT2D eigenvalue weighted by Gasteiger charge is -2.34. The minimum absolute atomic E-state index is 0.116. The van der Waals surface area contributed by atoms with Crippen LogP contribution in [0.15, 0.2) is 47.4 Å². The van der Waals surface area contributed by atoms with Gasteiger partial charge in [0.05, 0.1) is 17.1 Å². The molecule has 0 saturated carbocycles. The van der Waals surface area contributed by atoms with E-state index in [2.05, 4.69) is 19.2 Å². The molecule has 3 rings (SSSR count). The van der Waals surface area contributed by atoms with Crippen LogP contribution in [0.5, 0.6) is 0 Å². The molecule has 162 valence electrons. The molecular formula is C23H30N2O4S. The van der Waals surface area contributed by atoms with Crippen LogP contribution < -0.4 is 5.32 Å². The highest BCUT2D eigenvalue weighted by Gasteiger charge is 2.32. The van der Waals surface area contributed by atoms with E-state index in [1.807, 2.05) is 39.0 Å². The molecule has 1 amide bonds. The number of hydrogen-bond donors (Lipinski definition) is 1.